The summed E-state index contributed by atoms with van der Waals surface area (Å²) in [5.74, 6) is -0.251. The molecule has 5 aliphatic rings. The summed E-state index contributed by atoms with van der Waals surface area (Å²) in [5.41, 5.74) is 4.52. The highest BCUT2D eigenvalue weighted by atomic mass is 16.7. The van der Waals surface area contributed by atoms with E-state index >= 15 is 0 Å². The largest absolute Gasteiger partial charge is 0.393 e. The lowest BCUT2D eigenvalue weighted by Crippen LogP contribution is -2.63. The Bertz CT molecular complexity index is 1090. The zero-order valence-electron chi connectivity index (χ0n) is 23.9. The molecule has 216 valence electrons. The summed E-state index contributed by atoms with van der Waals surface area (Å²) in [6, 6.07) is -0.658. The summed E-state index contributed by atoms with van der Waals surface area (Å²) in [5, 5.41) is 11.8. The third-order valence-corrected chi connectivity index (χ3v) is 10.5. The predicted molar refractivity (Wildman–Crippen MR) is 143 cm³/mol. The molecule has 39 heavy (non-hydrogen) atoms. The minimum Gasteiger partial charge on any atom is -0.393 e. The first kappa shape index (κ1) is 28.6. The molecule has 4 fully saturated rings. The molecule has 1 unspecified atom stereocenters. The summed E-state index contributed by atoms with van der Waals surface area (Å²) in [4.78, 5) is 39.8. The van der Waals surface area contributed by atoms with Gasteiger partial charge < -0.3 is 30.0 Å². The highest BCUT2D eigenvalue weighted by Crippen LogP contribution is 2.69. The van der Waals surface area contributed by atoms with Crippen LogP contribution in [-0.4, -0.2) is 78.0 Å². The molecule has 0 spiro atoms. The molecule has 9 heteroatoms. The number of ketones is 2. The van der Waals surface area contributed by atoms with Crippen LogP contribution in [0.5, 0.6) is 0 Å². The predicted octanol–water partition coefficient (Wildman–Crippen LogP) is 2.50. The van der Waals surface area contributed by atoms with Crippen LogP contribution in [0.4, 0.5) is 0 Å². The first-order valence-electron chi connectivity index (χ1n) is 14.5. The molecule has 3 saturated carbocycles. The number of nitrogens with two attached hydrogens (primary N) is 1. The van der Waals surface area contributed by atoms with Crippen LogP contribution in [0.3, 0.4) is 0 Å². The van der Waals surface area contributed by atoms with E-state index in [9.17, 15) is 19.5 Å². The van der Waals surface area contributed by atoms with Crippen molar-refractivity contribution in [2.75, 3.05) is 20.4 Å². The Labute approximate surface area is 231 Å². The number of likely N-dealkylation sites (N-methyl/N-ethyl adjacent to an activating group) is 1. The number of nitrogens with zero attached hydrogens (tertiary/aromatic N) is 1. The second-order valence-corrected chi connectivity index (χ2v) is 12.9. The van der Waals surface area contributed by atoms with E-state index in [4.69, 9.17) is 19.9 Å². The fourth-order valence-electron chi connectivity index (χ4n) is 8.80. The Kier molecular flexibility index (Phi) is 7.46. The first-order valence-corrected chi connectivity index (χ1v) is 14.5. The fraction of sp³-hybridized carbons (Fsp3) is 0.767. The molecule has 9 nitrogen and oxygen atoms in total. The molecule has 0 aromatic heterocycles. The van der Waals surface area contributed by atoms with Crippen LogP contribution < -0.4 is 5.73 Å². The van der Waals surface area contributed by atoms with Gasteiger partial charge in [0.2, 0.25) is 5.91 Å². The number of aliphatic hydroxyl groups excluding tert-OH is 1. The average molecular weight is 545 g/mol. The lowest BCUT2D eigenvalue weighted by Gasteiger charge is -2.59. The zero-order chi connectivity index (χ0) is 28.3. The van der Waals surface area contributed by atoms with Crippen molar-refractivity contribution in [2.24, 2.45) is 34.3 Å². The molecule has 0 aromatic rings. The second kappa shape index (κ2) is 10.2. The number of carbonyl (C=O) groups is 3. The Hall–Kier alpha value is -1.91. The van der Waals surface area contributed by atoms with Gasteiger partial charge in [-0.2, -0.15) is 0 Å². The van der Waals surface area contributed by atoms with Gasteiger partial charge in [-0.15, -0.1) is 0 Å². The van der Waals surface area contributed by atoms with E-state index in [0.29, 0.717) is 19.3 Å². The number of Topliss-reactive ketones (excluding diaryl/α,β-unsaturated/α-hetero) is 1. The van der Waals surface area contributed by atoms with Crippen LogP contribution in [0, 0.1) is 28.6 Å². The molecule has 0 aromatic carbocycles. The third kappa shape index (κ3) is 4.27. The SMILES string of the molecule is CCCC1O[C@@H]2C[C@H]3[C@@H]4CCC5=CC(=O)C=C[C@]5(C)[C@H]4[C@@H](O)C[C@]3(C)[C@]2(C(=O)COCN(C)C(=O)[C@H](C)N)O1. The monoisotopic (exact) mass is 544 g/mol. The number of rotatable bonds is 8. The molecule has 1 heterocycles. The maximum absolute atomic E-state index is 14.1. The van der Waals surface area contributed by atoms with Crippen molar-refractivity contribution in [3.05, 3.63) is 23.8 Å². The first-order chi connectivity index (χ1) is 18.4. The van der Waals surface area contributed by atoms with Gasteiger partial charge in [0.1, 0.15) is 13.3 Å². The van der Waals surface area contributed by atoms with Crippen LogP contribution in [0.1, 0.15) is 66.2 Å². The van der Waals surface area contributed by atoms with Crippen molar-refractivity contribution < 1.29 is 33.7 Å². The van der Waals surface area contributed by atoms with Gasteiger partial charge in [-0.3, -0.25) is 14.4 Å². The topological polar surface area (TPSA) is 128 Å². The Morgan fingerprint density at radius 1 is 1.33 bits per heavy atom. The van der Waals surface area contributed by atoms with Crippen LogP contribution in [0.2, 0.25) is 0 Å². The zero-order valence-corrected chi connectivity index (χ0v) is 23.9. The number of fused-ring (bicyclic) bond motifs is 7. The normalized spacial score (nSPS) is 43.2. The van der Waals surface area contributed by atoms with Crippen molar-refractivity contribution in [1.82, 2.24) is 4.90 Å². The number of ether oxygens (including phenoxy) is 3. The molecule has 1 saturated heterocycles. The molecule has 3 N–H and O–H groups in total. The lowest BCUT2D eigenvalue weighted by atomic mass is 9.46. The highest BCUT2D eigenvalue weighted by molar-refractivity contribution is 6.01. The molecule has 1 amide bonds. The molecule has 1 aliphatic heterocycles. The number of allylic oxidation sites excluding steroid dienone is 4. The maximum Gasteiger partial charge on any atom is 0.240 e. The Morgan fingerprint density at radius 3 is 2.77 bits per heavy atom. The van der Waals surface area contributed by atoms with Gasteiger partial charge in [0.15, 0.2) is 23.5 Å². The minimum absolute atomic E-state index is 0.00745. The number of hydrogen-bond acceptors (Lipinski definition) is 8. The summed E-state index contributed by atoms with van der Waals surface area (Å²) in [6.45, 7) is 7.61. The van der Waals surface area contributed by atoms with E-state index in [-0.39, 0.29) is 54.0 Å². The summed E-state index contributed by atoms with van der Waals surface area (Å²) >= 11 is 0. The molecule has 5 rings (SSSR count). The summed E-state index contributed by atoms with van der Waals surface area (Å²) < 4.78 is 18.8. The highest BCUT2D eigenvalue weighted by Gasteiger charge is 2.75. The van der Waals surface area contributed by atoms with Gasteiger partial charge in [-0.1, -0.05) is 38.8 Å². The Balaban J connectivity index is 1.43. The lowest BCUT2D eigenvalue weighted by molar-refractivity contribution is -0.201. The van der Waals surface area contributed by atoms with E-state index in [2.05, 4.69) is 20.8 Å². The average Bonchev–Trinajstić information content (AvgIpc) is 3.35. The van der Waals surface area contributed by atoms with Crippen LogP contribution in [-0.2, 0) is 28.6 Å². The van der Waals surface area contributed by atoms with Crippen molar-refractivity contribution in [3.8, 4) is 0 Å². The van der Waals surface area contributed by atoms with Gasteiger partial charge in [0.25, 0.3) is 0 Å². The minimum atomic E-state index is -1.23. The van der Waals surface area contributed by atoms with Gasteiger partial charge in [-0.05, 0) is 63.0 Å². The summed E-state index contributed by atoms with van der Waals surface area (Å²) in [6.07, 6.45) is 8.04. The maximum atomic E-state index is 14.1. The summed E-state index contributed by atoms with van der Waals surface area (Å²) in [7, 11) is 1.59. The van der Waals surface area contributed by atoms with Gasteiger partial charge in [-0.25, -0.2) is 0 Å². The number of hydrogen-bond donors (Lipinski definition) is 2. The molecule has 0 bridgehead atoms. The van der Waals surface area contributed by atoms with Crippen molar-refractivity contribution in [1.29, 1.82) is 0 Å². The third-order valence-electron chi connectivity index (χ3n) is 10.5. The van der Waals surface area contributed by atoms with Crippen molar-refractivity contribution in [3.63, 3.8) is 0 Å². The van der Waals surface area contributed by atoms with E-state index in [1.54, 1.807) is 26.1 Å². The quantitative estimate of drug-likeness (QED) is 0.446. The molecule has 4 aliphatic carbocycles. The number of amides is 1. The van der Waals surface area contributed by atoms with Gasteiger partial charge in [0.05, 0.1) is 18.2 Å². The molecular formula is C30H44N2O7. The van der Waals surface area contributed by atoms with Gasteiger partial charge in [0, 0.05) is 23.8 Å². The molecular weight excluding hydrogens is 500 g/mol. The Morgan fingerprint density at radius 2 is 2.08 bits per heavy atom. The molecule has 0 radical (unpaired) electrons. The number of carbonyl (C=O) groups excluding carboxylic acids is 3. The van der Waals surface area contributed by atoms with Crippen molar-refractivity contribution in [2.45, 2.75) is 96.4 Å². The van der Waals surface area contributed by atoms with Crippen LogP contribution in [0.25, 0.3) is 0 Å². The van der Waals surface area contributed by atoms with Crippen molar-refractivity contribution >= 4 is 17.5 Å². The fourth-order valence-corrected chi connectivity index (χ4v) is 8.80. The van der Waals surface area contributed by atoms with E-state index in [0.717, 1.165) is 24.8 Å². The molecule has 10 atom stereocenters. The van der Waals surface area contributed by atoms with Crippen LogP contribution in [0.15, 0.2) is 23.8 Å². The van der Waals surface area contributed by atoms with E-state index < -0.39 is 35.6 Å². The smallest absolute Gasteiger partial charge is 0.240 e. The standard InChI is InChI=1S/C30H44N2O7/c1-6-7-25-38-24-13-21-20-9-8-18-12-19(33)10-11-28(18,3)26(20)22(34)14-29(21,4)30(24,39-25)23(35)15-37-16-32(5)27(36)17(2)31/h10-12,17,20-22,24-26,34H,6-9,13-16,31H2,1-5H3/t17-,20-,21-,22-,24+,25?,26+,28-,29-,30+/m0/s1. The van der Waals surface area contributed by atoms with E-state index in [1.807, 2.05) is 6.08 Å². The van der Waals surface area contributed by atoms with Crippen LogP contribution >= 0.6 is 0 Å². The second-order valence-electron chi connectivity index (χ2n) is 12.9. The van der Waals surface area contributed by atoms with Gasteiger partial charge >= 0.3 is 0 Å². The van der Waals surface area contributed by atoms with E-state index in [1.165, 1.54) is 4.90 Å². The number of aliphatic hydroxyl groups is 1.